The fourth-order valence-electron chi connectivity index (χ4n) is 6.80. The molecule has 0 aliphatic heterocycles. The van der Waals surface area contributed by atoms with Gasteiger partial charge in [0.2, 0.25) is 0 Å². The lowest BCUT2D eigenvalue weighted by Gasteiger charge is -2.55. The molecule has 0 bridgehead atoms. The zero-order valence-corrected chi connectivity index (χ0v) is 21.4. The van der Waals surface area contributed by atoms with E-state index in [1.54, 1.807) is 11.1 Å². The van der Waals surface area contributed by atoms with Crippen molar-refractivity contribution in [3.63, 3.8) is 0 Å². The Kier molecular flexibility index (Phi) is 8.66. The summed E-state index contributed by atoms with van der Waals surface area (Å²) in [6.45, 7) is 17.8. The first-order chi connectivity index (χ1) is 14.8. The molecule has 0 saturated heterocycles. The summed E-state index contributed by atoms with van der Waals surface area (Å²) in [7, 11) is 0. The average Bonchev–Trinajstić information content (AvgIpc) is 2.73. The summed E-state index contributed by atoms with van der Waals surface area (Å²) in [5, 5.41) is 7.57. The van der Waals surface area contributed by atoms with E-state index in [-0.39, 0.29) is 0 Å². The summed E-state index contributed by atoms with van der Waals surface area (Å²) in [4.78, 5) is 0. The van der Waals surface area contributed by atoms with Crippen LogP contribution < -0.4 is 10.6 Å². The fraction of sp³-hybridized carbons (Fsp3) is 0.793. The van der Waals surface area contributed by atoms with Crippen LogP contribution in [0.25, 0.3) is 0 Å². The van der Waals surface area contributed by atoms with Crippen molar-refractivity contribution in [3.05, 3.63) is 34.9 Å². The Balaban J connectivity index is 1.57. The summed E-state index contributed by atoms with van der Waals surface area (Å²) < 4.78 is 0. The summed E-state index contributed by atoms with van der Waals surface area (Å²) in [5.41, 5.74) is 5.58. The third-order valence-electron chi connectivity index (χ3n) is 8.73. The van der Waals surface area contributed by atoms with Gasteiger partial charge in [0.05, 0.1) is 0 Å². The molecule has 1 fully saturated rings. The van der Waals surface area contributed by atoms with Crippen LogP contribution in [0.5, 0.6) is 0 Å². The van der Waals surface area contributed by atoms with Gasteiger partial charge in [-0.2, -0.15) is 0 Å². The monoisotopic (exact) mass is 426 g/mol. The molecule has 0 heterocycles. The molecule has 2 N–H and O–H groups in total. The molecule has 4 atom stereocenters. The Hall–Kier alpha value is -0.860. The summed E-state index contributed by atoms with van der Waals surface area (Å²) in [6.07, 6.45) is 12.1. The van der Waals surface area contributed by atoms with E-state index < -0.39 is 0 Å². The number of aryl methyl sites for hydroxylation is 1. The quantitative estimate of drug-likeness (QED) is 0.373. The molecule has 176 valence electrons. The molecule has 2 aliphatic rings. The Morgan fingerprint density at radius 1 is 1.06 bits per heavy atom. The Morgan fingerprint density at radius 2 is 1.87 bits per heavy atom. The number of nitrogens with one attached hydrogen (secondary N) is 2. The topological polar surface area (TPSA) is 24.1 Å². The van der Waals surface area contributed by atoms with Crippen LogP contribution in [-0.2, 0) is 11.8 Å². The highest BCUT2D eigenvalue weighted by Gasteiger charge is 2.51. The van der Waals surface area contributed by atoms with Crippen LogP contribution in [0.3, 0.4) is 0 Å². The largest absolute Gasteiger partial charge is 0.315 e. The molecule has 0 radical (unpaired) electrons. The zero-order valence-electron chi connectivity index (χ0n) is 21.4. The lowest BCUT2D eigenvalue weighted by atomic mass is 9.49. The van der Waals surface area contributed by atoms with Gasteiger partial charge in [0.15, 0.2) is 0 Å². The normalized spacial score (nSPS) is 28.9. The van der Waals surface area contributed by atoms with Crippen molar-refractivity contribution in [2.24, 2.45) is 11.3 Å². The third kappa shape index (κ3) is 5.74. The lowest BCUT2D eigenvalue weighted by molar-refractivity contribution is 0.0261. The molecular weight excluding hydrogens is 376 g/mol. The van der Waals surface area contributed by atoms with E-state index in [2.05, 4.69) is 70.4 Å². The molecule has 3 rings (SSSR count). The van der Waals surface area contributed by atoms with E-state index in [9.17, 15) is 0 Å². The van der Waals surface area contributed by atoms with Crippen molar-refractivity contribution in [2.75, 3.05) is 19.6 Å². The first-order valence-electron chi connectivity index (χ1n) is 13.4. The van der Waals surface area contributed by atoms with E-state index in [0.29, 0.717) is 22.8 Å². The second-order valence-corrected chi connectivity index (χ2v) is 11.6. The van der Waals surface area contributed by atoms with Gasteiger partial charge in [-0.25, -0.2) is 0 Å². The number of hydrogen-bond donors (Lipinski definition) is 2. The molecular formula is C29H50N2. The van der Waals surface area contributed by atoms with Crippen molar-refractivity contribution < 1.29 is 0 Å². The minimum Gasteiger partial charge on any atom is -0.315 e. The number of unbranched alkanes of at least 4 members (excludes halogenated alkanes) is 2. The maximum absolute atomic E-state index is 3.85. The molecule has 1 saturated carbocycles. The SMILES string of the molecule is CCCCCC(C)NCCNC[C@]1(C)CCC[C@]2(C)c3ccc(C(C)C)cc3CC[C@@H]12. The van der Waals surface area contributed by atoms with Gasteiger partial charge in [0.25, 0.3) is 0 Å². The second kappa shape index (κ2) is 10.8. The molecule has 1 unspecified atom stereocenters. The third-order valence-corrected chi connectivity index (χ3v) is 8.73. The zero-order chi connectivity index (χ0) is 22.5. The predicted molar refractivity (Wildman–Crippen MR) is 136 cm³/mol. The number of fused-ring (bicyclic) bond motifs is 3. The molecule has 31 heavy (non-hydrogen) atoms. The highest BCUT2D eigenvalue weighted by atomic mass is 15.0. The van der Waals surface area contributed by atoms with Crippen molar-refractivity contribution in [3.8, 4) is 0 Å². The van der Waals surface area contributed by atoms with Crippen LogP contribution in [0, 0.1) is 11.3 Å². The van der Waals surface area contributed by atoms with Gasteiger partial charge in [0, 0.05) is 25.7 Å². The molecule has 0 spiro atoms. The molecule has 2 nitrogen and oxygen atoms in total. The number of hydrogen-bond acceptors (Lipinski definition) is 2. The van der Waals surface area contributed by atoms with Gasteiger partial charge in [-0.3, -0.25) is 0 Å². The van der Waals surface area contributed by atoms with E-state index in [1.807, 2.05) is 0 Å². The van der Waals surface area contributed by atoms with Crippen LogP contribution in [0.4, 0.5) is 0 Å². The smallest absolute Gasteiger partial charge is 0.00792 e. The standard InChI is InChI=1S/C29H50N2/c1-7-8-9-11-23(4)31-19-18-30-21-28(5)16-10-17-29(6)26-14-12-24(22(2)3)20-25(26)13-15-27(28)29/h12,14,20,22-23,27,30-31H,7-11,13,15-19,21H2,1-6H3/t23?,27-,28-,29+/m0/s1. The van der Waals surface area contributed by atoms with Crippen molar-refractivity contribution >= 4 is 0 Å². The molecule has 0 amide bonds. The summed E-state index contributed by atoms with van der Waals surface area (Å²) in [6, 6.07) is 8.08. The number of benzene rings is 1. The lowest BCUT2D eigenvalue weighted by Crippen LogP contribution is -2.53. The predicted octanol–water partition coefficient (Wildman–Crippen LogP) is 6.97. The first-order valence-corrected chi connectivity index (χ1v) is 13.4. The van der Waals surface area contributed by atoms with Crippen molar-refractivity contribution in [2.45, 2.75) is 117 Å². The maximum atomic E-state index is 3.85. The Bertz CT molecular complexity index is 696. The minimum atomic E-state index is 0.351. The Labute approximate surface area is 193 Å². The first kappa shape index (κ1) is 24.8. The van der Waals surface area contributed by atoms with E-state index >= 15 is 0 Å². The van der Waals surface area contributed by atoms with Crippen LogP contribution in [0.1, 0.15) is 116 Å². The summed E-state index contributed by atoms with van der Waals surface area (Å²) >= 11 is 0. The fourth-order valence-corrected chi connectivity index (χ4v) is 6.80. The van der Waals surface area contributed by atoms with Gasteiger partial charge in [-0.15, -0.1) is 0 Å². The maximum Gasteiger partial charge on any atom is 0.00792 e. The molecule has 2 aliphatic carbocycles. The van der Waals surface area contributed by atoms with E-state index in [4.69, 9.17) is 0 Å². The molecule has 1 aromatic rings. The molecule has 0 aromatic heterocycles. The highest BCUT2D eigenvalue weighted by Crippen LogP contribution is 2.57. The van der Waals surface area contributed by atoms with Crippen LogP contribution in [0.15, 0.2) is 18.2 Å². The average molecular weight is 427 g/mol. The van der Waals surface area contributed by atoms with Gasteiger partial charge < -0.3 is 10.6 Å². The Morgan fingerprint density at radius 3 is 2.61 bits per heavy atom. The molecule has 1 aromatic carbocycles. The van der Waals surface area contributed by atoms with Crippen LogP contribution >= 0.6 is 0 Å². The van der Waals surface area contributed by atoms with Crippen LogP contribution in [-0.4, -0.2) is 25.7 Å². The van der Waals surface area contributed by atoms with Gasteiger partial charge in [0.1, 0.15) is 0 Å². The molecule has 2 heteroatoms. The van der Waals surface area contributed by atoms with E-state index in [1.165, 1.54) is 69.9 Å². The minimum absolute atomic E-state index is 0.351. The number of rotatable bonds is 11. The van der Waals surface area contributed by atoms with Crippen LogP contribution in [0.2, 0.25) is 0 Å². The van der Waals surface area contributed by atoms with Crippen molar-refractivity contribution in [1.29, 1.82) is 0 Å². The van der Waals surface area contributed by atoms with E-state index in [0.717, 1.165) is 19.0 Å². The van der Waals surface area contributed by atoms with Gasteiger partial charge in [-0.1, -0.05) is 78.5 Å². The summed E-state index contributed by atoms with van der Waals surface area (Å²) in [5.74, 6) is 1.42. The van der Waals surface area contributed by atoms with Crippen molar-refractivity contribution in [1.82, 2.24) is 10.6 Å². The highest BCUT2D eigenvalue weighted by molar-refractivity contribution is 5.42. The van der Waals surface area contributed by atoms with Gasteiger partial charge in [-0.05, 0) is 78.4 Å². The second-order valence-electron chi connectivity index (χ2n) is 11.6. The van der Waals surface area contributed by atoms with Gasteiger partial charge >= 0.3 is 0 Å².